The molecule has 1 saturated heterocycles. The molecule has 0 radical (unpaired) electrons. The molecule has 1 fully saturated rings. The number of benzene rings is 1. The molecule has 0 saturated carbocycles. The van der Waals surface area contributed by atoms with Crippen LogP contribution in [0.1, 0.15) is 34.5 Å². The quantitative estimate of drug-likeness (QED) is 0.739. The highest BCUT2D eigenvalue weighted by Crippen LogP contribution is 2.23. The van der Waals surface area contributed by atoms with Crippen molar-refractivity contribution in [1.82, 2.24) is 20.4 Å². The van der Waals surface area contributed by atoms with Crippen LogP contribution in [0.3, 0.4) is 0 Å². The number of aliphatic hydroxyl groups excluding tert-OH is 1. The van der Waals surface area contributed by atoms with Crippen molar-refractivity contribution < 1.29 is 14.7 Å². The number of β-amino-alcohol motifs (C(OH)–C–C–N with tert-alkyl or cyclic N) is 1. The Bertz CT molecular complexity index is 790. The number of nitrogens with zero attached hydrogens (tertiary/aromatic N) is 2. The maximum atomic E-state index is 12.7. The molecule has 1 unspecified atom stereocenters. The van der Waals surface area contributed by atoms with Crippen molar-refractivity contribution in [3.05, 3.63) is 52.3 Å². The van der Waals surface area contributed by atoms with Crippen LogP contribution in [0.25, 0.3) is 0 Å². The van der Waals surface area contributed by atoms with Gasteiger partial charge in [-0.15, -0.1) is 0 Å². The Labute approximate surface area is 156 Å². The SMILES string of the molecule is Cc1n[nH]cc1C(=O)N1C[C@H](O)CC1CC(=O)NCc1ccc(Cl)cc1. The van der Waals surface area contributed by atoms with Gasteiger partial charge in [0.25, 0.3) is 5.91 Å². The predicted octanol–water partition coefficient (Wildman–Crippen LogP) is 1.65. The zero-order valence-corrected chi connectivity index (χ0v) is 15.2. The van der Waals surface area contributed by atoms with Gasteiger partial charge < -0.3 is 15.3 Å². The lowest BCUT2D eigenvalue weighted by Crippen LogP contribution is -2.39. The first-order valence-electron chi connectivity index (χ1n) is 8.44. The summed E-state index contributed by atoms with van der Waals surface area (Å²) in [5.41, 5.74) is 2.00. The van der Waals surface area contributed by atoms with Gasteiger partial charge in [-0.05, 0) is 31.0 Å². The first-order chi connectivity index (χ1) is 12.4. The molecule has 3 N–H and O–H groups in total. The van der Waals surface area contributed by atoms with Crippen LogP contribution in [0.4, 0.5) is 0 Å². The second kappa shape index (κ2) is 7.88. The lowest BCUT2D eigenvalue weighted by molar-refractivity contribution is -0.122. The van der Waals surface area contributed by atoms with Crippen molar-refractivity contribution in [3.63, 3.8) is 0 Å². The van der Waals surface area contributed by atoms with E-state index in [4.69, 9.17) is 11.6 Å². The Balaban J connectivity index is 1.59. The number of H-pyrrole nitrogens is 1. The normalized spacial score (nSPS) is 19.6. The Hall–Kier alpha value is -2.38. The van der Waals surface area contributed by atoms with E-state index in [1.165, 1.54) is 0 Å². The van der Waals surface area contributed by atoms with Crippen molar-refractivity contribution in [2.24, 2.45) is 0 Å². The van der Waals surface area contributed by atoms with Crippen molar-refractivity contribution in [2.75, 3.05) is 6.54 Å². The minimum Gasteiger partial charge on any atom is -0.391 e. The van der Waals surface area contributed by atoms with Gasteiger partial charge in [0.05, 0.1) is 17.4 Å². The summed E-state index contributed by atoms with van der Waals surface area (Å²) in [4.78, 5) is 26.5. The van der Waals surface area contributed by atoms with Crippen LogP contribution >= 0.6 is 11.6 Å². The maximum absolute atomic E-state index is 12.7. The fourth-order valence-electron chi connectivity index (χ4n) is 3.15. The Kier molecular flexibility index (Phi) is 5.58. The van der Waals surface area contributed by atoms with Gasteiger partial charge >= 0.3 is 0 Å². The highest BCUT2D eigenvalue weighted by atomic mass is 35.5. The summed E-state index contributed by atoms with van der Waals surface area (Å²) >= 11 is 5.85. The number of rotatable bonds is 5. The third-order valence-corrected chi connectivity index (χ3v) is 4.79. The first kappa shape index (κ1) is 18.4. The number of nitrogens with one attached hydrogen (secondary N) is 2. The molecule has 2 atom stereocenters. The average Bonchev–Trinajstić information content (AvgIpc) is 3.19. The number of aliphatic hydroxyl groups is 1. The number of likely N-dealkylation sites (tertiary alicyclic amines) is 1. The second-order valence-electron chi connectivity index (χ2n) is 6.49. The standard InChI is InChI=1S/C18H21ClN4O3/c1-11-16(9-21-22-11)18(26)23-10-15(24)6-14(23)7-17(25)20-8-12-2-4-13(19)5-3-12/h2-5,9,14-15,24H,6-8,10H2,1H3,(H,20,25)(H,21,22)/t14?,15-/m1/s1. The number of aromatic amines is 1. The molecular weight excluding hydrogens is 356 g/mol. The third-order valence-electron chi connectivity index (χ3n) is 4.54. The molecule has 7 nitrogen and oxygen atoms in total. The van der Waals surface area contributed by atoms with Gasteiger partial charge in [0.15, 0.2) is 0 Å². The van der Waals surface area contributed by atoms with Gasteiger partial charge in [0.1, 0.15) is 0 Å². The topological polar surface area (TPSA) is 98.3 Å². The van der Waals surface area contributed by atoms with Crippen molar-refractivity contribution >= 4 is 23.4 Å². The van der Waals surface area contributed by atoms with Crippen LogP contribution < -0.4 is 5.32 Å². The number of carbonyl (C=O) groups excluding carboxylic acids is 2. The van der Waals surface area contributed by atoms with E-state index in [0.717, 1.165) is 5.56 Å². The van der Waals surface area contributed by atoms with Crippen LogP contribution in [0.5, 0.6) is 0 Å². The smallest absolute Gasteiger partial charge is 0.257 e. The van der Waals surface area contributed by atoms with Gasteiger partial charge in [-0.1, -0.05) is 23.7 Å². The monoisotopic (exact) mass is 376 g/mol. The molecule has 0 bridgehead atoms. The van der Waals surface area contributed by atoms with Crippen LogP contribution in [0, 0.1) is 6.92 Å². The van der Waals surface area contributed by atoms with E-state index in [-0.39, 0.29) is 30.8 Å². The van der Waals surface area contributed by atoms with Gasteiger partial charge in [0.2, 0.25) is 5.91 Å². The molecule has 8 heteroatoms. The third kappa shape index (κ3) is 4.23. The molecule has 138 valence electrons. The second-order valence-corrected chi connectivity index (χ2v) is 6.93. The number of aryl methyl sites for hydroxylation is 1. The highest BCUT2D eigenvalue weighted by Gasteiger charge is 2.36. The summed E-state index contributed by atoms with van der Waals surface area (Å²) in [6.45, 7) is 2.35. The van der Waals surface area contributed by atoms with Crippen molar-refractivity contribution in [3.8, 4) is 0 Å². The molecule has 26 heavy (non-hydrogen) atoms. The van der Waals surface area contributed by atoms with Crippen LogP contribution in [-0.2, 0) is 11.3 Å². The van der Waals surface area contributed by atoms with Gasteiger partial charge in [-0.2, -0.15) is 5.10 Å². The number of hydrogen-bond donors (Lipinski definition) is 3. The molecular formula is C18H21ClN4O3. The largest absolute Gasteiger partial charge is 0.391 e. The number of amides is 2. The van der Waals surface area contributed by atoms with Gasteiger partial charge in [-0.25, -0.2) is 0 Å². The molecule has 0 aliphatic carbocycles. The molecule has 1 aliphatic rings. The predicted molar refractivity (Wildman–Crippen MR) is 96.7 cm³/mol. The van der Waals surface area contributed by atoms with E-state index >= 15 is 0 Å². The minimum atomic E-state index is -0.625. The summed E-state index contributed by atoms with van der Waals surface area (Å²) in [5, 5.41) is 20.1. The zero-order chi connectivity index (χ0) is 18.7. The Morgan fingerprint density at radius 2 is 2.12 bits per heavy atom. The summed E-state index contributed by atoms with van der Waals surface area (Å²) in [5.74, 6) is -0.385. The van der Waals surface area contributed by atoms with Crippen LogP contribution in [0.2, 0.25) is 5.02 Å². The Morgan fingerprint density at radius 3 is 2.77 bits per heavy atom. The Morgan fingerprint density at radius 1 is 1.38 bits per heavy atom. The minimum absolute atomic E-state index is 0.146. The maximum Gasteiger partial charge on any atom is 0.257 e. The van der Waals surface area contributed by atoms with E-state index in [2.05, 4.69) is 15.5 Å². The number of aromatic nitrogens is 2. The van der Waals surface area contributed by atoms with Crippen LogP contribution in [0.15, 0.2) is 30.5 Å². The molecule has 1 aliphatic heterocycles. The summed E-state index contributed by atoms with van der Waals surface area (Å²) in [7, 11) is 0. The number of halogens is 1. The van der Waals surface area contributed by atoms with E-state index in [1.807, 2.05) is 12.1 Å². The molecule has 2 amide bonds. The summed E-state index contributed by atoms with van der Waals surface area (Å²) in [6, 6.07) is 6.89. The molecule has 2 aromatic rings. The van der Waals surface area contributed by atoms with Crippen molar-refractivity contribution in [2.45, 2.75) is 38.5 Å². The fourth-order valence-corrected chi connectivity index (χ4v) is 3.28. The van der Waals surface area contributed by atoms with E-state index in [1.54, 1.807) is 30.2 Å². The van der Waals surface area contributed by atoms with Crippen LogP contribution in [-0.4, -0.2) is 50.7 Å². The molecule has 0 spiro atoms. The number of hydrogen-bond acceptors (Lipinski definition) is 4. The number of carbonyl (C=O) groups is 2. The molecule has 1 aromatic carbocycles. The van der Waals surface area contributed by atoms with E-state index in [0.29, 0.717) is 29.2 Å². The fraction of sp³-hybridized carbons (Fsp3) is 0.389. The van der Waals surface area contributed by atoms with E-state index in [9.17, 15) is 14.7 Å². The van der Waals surface area contributed by atoms with Gasteiger partial charge in [-0.3, -0.25) is 14.7 Å². The van der Waals surface area contributed by atoms with Gasteiger partial charge in [0, 0.05) is 36.8 Å². The highest BCUT2D eigenvalue weighted by molar-refractivity contribution is 6.30. The molecule has 1 aromatic heterocycles. The first-order valence-corrected chi connectivity index (χ1v) is 8.82. The summed E-state index contributed by atoms with van der Waals surface area (Å²) < 4.78 is 0. The average molecular weight is 377 g/mol. The zero-order valence-electron chi connectivity index (χ0n) is 14.4. The van der Waals surface area contributed by atoms with Crippen molar-refractivity contribution in [1.29, 1.82) is 0 Å². The lowest BCUT2D eigenvalue weighted by atomic mass is 10.1. The lowest BCUT2D eigenvalue weighted by Gasteiger charge is -2.23. The summed E-state index contributed by atoms with van der Waals surface area (Å²) in [6.07, 6.45) is 1.45. The molecule has 3 rings (SSSR count). The molecule has 2 heterocycles. The van der Waals surface area contributed by atoms with E-state index < -0.39 is 6.10 Å².